The quantitative estimate of drug-likeness (QED) is 0.614. The van der Waals surface area contributed by atoms with Gasteiger partial charge in [0.25, 0.3) is 0 Å². The Balaban J connectivity index is 1.55. The van der Waals surface area contributed by atoms with E-state index in [2.05, 4.69) is 15.5 Å². The predicted molar refractivity (Wildman–Crippen MR) is 92.4 cm³/mol. The Bertz CT molecular complexity index is 894. The molecule has 0 aliphatic rings. The van der Waals surface area contributed by atoms with Crippen molar-refractivity contribution in [1.29, 1.82) is 0 Å². The zero-order valence-corrected chi connectivity index (χ0v) is 14.6. The van der Waals surface area contributed by atoms with Crippen LogP contribution in [0.5, 0.6) is 11.5 Å². The van der Waals surface area contributed by atoms with Gasteiger partial charge in [0.1, 0.15) is 11.5 Å². The van der Waals surface area contributed by atoms with Gasteiger partial charge in [-0.05, 0) is 42.8 Å². The van der Waals surface area contributed by atoms with E-state index in [1.54, 1.807) is 25.1 Å². The van der Waals surface area contributed by atoms with Crippen LogP contribution in [0.1, 0.15) is 22.8 Å². The average Bonchev–Trinajstić information content (AvgIpc) is 3.04. The molecule has 8 heteroatoms. The summed E-state index contributed by atoms with van der Waals surface area (Å²) in [5, 5.41) is 6.97. The van der Waals surface area contributed by atoms with E-state index in [-0.39, 0.29) is 5.75 Å². The molecule has 0 aliphatic heterocycles. The van der Waals surface area contributed by atoms with Crippen molar-refractivity contribution in [3.8, 4) is 11.5 Å². The number of nitrogens with one attached hydrogen (secondary N) is 1. The highest BCUT2D eigenvalue weighted by molar-refractivity contribution is 5.36. The predicted octanol–water partition coefficient (Wildman–Crippen LogP) is 4.52. The molecular formula is C19H18F3N3O2. The van der Waals surface area contributed by atoms with Crippen molar-refractivity contribution in [3.63, 3.8) is 0 Å². The van der Waals surface area contributed by atoms with Crippen molar-refractivity contribution < 1.29 is 22.4 Å². The largest absolute Gasteiger partial charge is 0.457 e. The minimum absolute atomic E-state index is 0.140. The highest BCUT2D eigenvalue weighted by Gasteiger charge is 2.30. The van der Waals surface area contributed by atoms with Gasteiger partial charge in [-0.3, -0.25) is 0 Å². The van der Waals surface area contributed by atoms with E-state index < -0.39 is 11.7 Å². The van der Waals surface area contributed by atoms with Gasteiger partial charge in [-0.15, -0.1) is 0 Å². The summed E-state index contributed by atoms with van der Waals surface area (Å²) in [6.45, 7) is 2.99. The molecule has 0 saturated carbocycles. The fourth-order valence-corrected chi connectivity index (χ4v) is 2.46. The van der Waals surface area contributed by atoms with Gasteiger partial charge in [-0.2, -0.15) is 18.2 Å². The lowest BCUT2D eigenvalue weighted by Gasteiger charge is -2.11. The molecule has 1 heterocycles. The maximum absolute atomic E-state index is 12.8. The molecule has 0 atom stereocenters. The number of ether oxygens (including phenoxy) is 1. The van der Waals surface area contributed by atoms with Gasteiger partial charge >= 0.3 is 6.18 Å². The SMILES string of the molecule is Cc1noc(CCNCc2cccc(Oc3cccc(C(F)(F)F)c3)c2)n1. The van der Waals surface area contributed by atoms with Gasteiger partial charge in [-0.25, -0.2) is 0 Å². The number of rotatable bonds is 7. The minimum atomic E-state index is -4.40. The Morgan fingerprint density at radius 3 is 2.52 bits per heavy atom. The molecule has 142 valence electrons. The molecular weight excluding hydrogens is 359 g/mol. The number of benzene rings is 2. The number of halogens is 3. The molecule has 2 aromatic carbocycles. The third-order valence-corrected chi connectivity index (χ3v) is 3.71. The Labute approximate surface area is 154 Å². The first-order valence-corrected chi connectivity index (χ1v) is 8.34. The minimum Gasteiger partial charge on any atom is -0.457 e. The summed E-state index contributed by atoms with van der Waals surface area (Å²) in [7, 11) is 0. The van der Waals surface area contributed by atoms with Crippen molar-refractivity contribution in [2.75, 3.05) is 6.54 Å². The second-order valence-corrected chi connectivity index (χ2v) is 5.94. The molecule has 0 amide bonds. The molecule has 0 spiro atoms. The van der Waals surface area contributed by atoms with E-state index in [1.165, 1.54) is 12.1 Å². The topological polar surface area (TPSA) is 60.2 Å². The third kappa shape index (κ3) is 5.55. The summed E-state index contributed by atoms with van der Waals surface area (Å²) in [4.78, 5) is 4.12. The lowest BCUT2D eigenvalue weighted by molar-refractivity contribution is -0.137. The summed E-state index contributed by atoms with van der Waals surface area (Å²) in [6, 6.07) is 12.0. The number of nitrogens with zero attached hydrogens (tertiary/aromatic N) is 2. The van der Waals surface area contributed by atoms with Crippen LogP contribution in [0.15, 0.2) is 53.1 Å². The smallest absolute Gasteiger partial charge is 0.416 e. The van der Waals surface area contributed by atoms with Gasteiger partial charge in [-0.1, -0.05) is 23.4 Å². The van der Waals surface area contributed by atoms with Crippen LogP contribution in [-0.2, 0) is 19.1 Å². The molecule has 0 saturated heterocycles. The molecule has 1 aromatic heterocycles. The highest BCUT2D eigenvalue weighted by Crippen LogP contribution is 2.32. The van der Waals surface area contributed by atoms with Gasteiger partial charge in [0.2, 0.25) is 5.89 Å². The van der Waals surface area contributed by atoms with E-state index in [1.807, 2.05) is 6.07 Å². The summed E-state index contributed by atoms with van der Waals surface area (Å²) >= 11 is 0. The molecule has 5 nitrogen and oxygen atoms in total. The van der Waals surface area contributed by atoms with Gasteiger partial charge < -0.3 is 14.6 Å². The second-order valence-electron chi connectivity index (χ2n) is 5.94. The number of aromatic nitrogens is 2. The van der Waals surface area contributed by atoms with Crippen molar-refractivity contribution >= 4 is 0 Å². The standard InChI is InChI=1S/C19H18F3N3O2/c1-13-24-18(27-25-13)8-9-23-12-14-4-2-6-16(10-14)26-17-7-3-5-15(11-17)19(20,21)22/h2-7,10-11,23H,8-9,12H2,1H3. The maximum atomic E-state index is 12.8. The zero-order chi connectivity index (χ0) is 19.3. The first kappa shape index (κ1) is 18.9. The fourth-order valence-electron chi connectivity index (χ4n) is 2.46. The molecule has 0 aliphatic carbocycles. The number of hydrogen-bond acceptors (Lipinski definition) is 5. The molecule has 3 rings (SSSR count). The fraction of sp³-hybridized carbons (Fsp3) is 0.263. The highest BCUT2D eigenvalue weighted by atomic mass is 19.4. The Morgan fingerprint density at radius 1 is 1.07 bits per heavy atom. The van der Waals surface area contributed by atoms with Crippen LogP contribution in [0.4, 0.5) is 13.2 Å². The first-order chi connectivity index (χ1) is 12.9. The zero-order valence-electron chi connectivity index (χ0n) is 14.6. The van der Waals surface area contributed by atoms with Crippen molar-refractivity contribution in [1.82, 2.24) is 15.5 Å². The van der Waals surface area contributed by atoms with Gasteiger partial charge in [0.05, 0.1) is 5.56 Å². The van der Waals surface area contributed by atoms with E-state index in [9.17, 15) is 13.2 Å². The molecule has 0 radical (unpaired) electrons. The molecule has 0 bridgehead atoms. The summed E-state index contributed by atoms with van der Waals surface area (Å²) < 4.78 is 49.0. The summed E-state index contributed by atoms with van der Waals surface area (Å²) in [5.41, 5.74) is 0.204. The molecule has 27 heavy (non-hydrogen) atoms. The Hall–Kier alpha value is -2.87. The third-order valence-electron chi connectivity index (χ3n) is 3.71. The van der Waals surface area contributed by atoms with E-state index in [0.29, 0.717) is 37.0 Å². The van der Waals surface area contributed by atoms with E-state index in [4.69, 9.17) is 9.26 Å². The Kier molecular flexibility index (Phi) is 5.75. The van der Waals surface area contributed by atoms with Crippen LogP contribution < -0.4 is 10.1 Å². The van der Waals surface area contributed by atoms with E-state index in [0.717, 1.165) is 17.7 Å². The van der Waals surface area contributed by atoms with Crippen LogP contribution >= 0.6 is 0 Å². The monoisotopic (exact) mass is 377 g/mol. The van der Waals surface area contributed by atoms with Gasteiger partial charge in [0.15, 0.2) is 5.82 Å². The second kappa shape index (κ2) is 8.22. The van der Waals surface area contributed by atoms with Crippen LogP contribution in [-0.4, -0.2) is 16.7 Å². The number of hydrogen-bond donors (Lipinski definition) is 1. The Morgan fingerprint density at radius 2 is 1.81 bits per heavy atom. The van der Waals surface area contributed by atoms with Crippen molar-refractivity contribution in [2.24, 2.45) is 0 Å². The van der Waals surface area contributed by atoms with Crippen molar-refractivity contribution in [3.05, 3.63) is 71.4 Å². The summed E-state index contributed by atoms with van der Waals surface area (Å²) in [6.07, 6.45) is -3.79. The molecule has 0 fully saturated rings. The number of alkyl halides is 3. The maximum Gasteiger partial charge on any atom is 0.416 e. The number of aryl methyl sites for hydroxylation is 1. The molecule has 0 unspecified atom stereocenters. The average molecular weight is 377 g/mol. The van der Waals surface area contributed by atoms with Crippen LogP contribution in [0.25, 0.3) is 0 Å². The molecule has 1 N–H and O–H groups in total. The lowest BCUT2D eigenvalue weighted by Crippen LogP contribution is -2.16. The molecule has 3 aromatic rings. The first-order valence-electron chi connectivity index (χ1n) is 8.34. The van der Waals surface area contributed by atoms with Gasteiger partial charge in [0, 0.05) is 19.5 Å². The van der Waals surface area contributed by atoms with Crippen LogP contribution in [0, 0.1) is 6.92 Å². The van der Waals surface area contributed by atoms with Crippen molar-refractivity contribution in [2.45, 2.75) is 26.1 Å². The summed E-state index contributed by atoms with van der Waals surface area (Å²) in [5.74, 6) is 1.79. The van der Waals surface area contributed by atoms with E-state index >= 15 is 0 Å². The lowest BCUT2D eigenvalue weighted by atomic mass is 10.2. The normalized spacial score (nSPS) is 11.6. The van der Waals surface area contributed by atoms with Crippen LogP contribution in [0.3, 0.4) is 0 Å². The van der Waals surface area contributed by atoms with Crippen LogP contribution in [0.2, 0.25) is 0 Å².